The number of benzene rings is 1. The van der Waals surface area contributed by atoms with Crippen molar-refractivity contribution in [3.63, 3.8) is 0 Å². The Kier molecular flexibility index (Phi) is 2.82. The lowest BCUT2D eigenvalue weighted by Crippen LogP contribution is -2.10. The predicted octanol–water partition coefficient (Wildman–Crippen LogP) is 3.25. The van der Waals surface area contributed by atoms with Gasteiger partial charge in [0.2, 0.25) is 0 Å². The Morgan fingerprint density at radius 1 is 1.18 bits per heavy atom. The Morgan fingerprint density at radius 3 is 2.29 bits per heavy atom. The van der Waals surface area contributed by atoms with Gasteiger partial charge >= 0.3 is 6.18 Å². The molecule has 0 atom stereocenters. The fourth-order valence-corrected chi connectivity index (χ4v) is 2.47. The van der Waals surface area contributed by atoms with Crippen LogP contribution < -0.4 is 4.80 Å². The summed E-state index contributed by atoms with van der Waals surface area (Å²) in [6, 6.07) is 8.31. The molecule has 0 spiro atoms. The van der Waals surface area contributed by atoms with Gasteiger partial charge in [-0.05, 0) is 5.56 Å². The van der Waals surface area contributed by atoms with Gasteiger partial charge in [0.05, 0.1) is 5.69 Å². The maximum absolute atomic E-state index is 12.8. The molecule has 1 aromatic heterocycles. The van der Waals surface area contributed by atoms with E-state index >= 15 is 0 Å². The van der Waals surface area contributed by atoms with E-state index in [2.05, 4.69) is 0 Å². The molecule has 0 aliphatic rings. The zero-order chi connectivity index (χ0) is 12.6. The summed E-state index contributed by atoms with van der Waals surface area (Å²) in [6.07, 6.45) is -4.42. The lowest BCUT2D eigenvalue weighted by Gasteiger charge is -2.09. The minimum atomic E-state index is -4.42. The molecule has 90 valence electrons. The standard InChI is InChI=1S/C11H9F3N2S/c1-16-8(7-5-3-2-4-6-7)9(11(12,13)14)17-10(16)15/h2-6,15H,1H3. The van der Waals surface area contributed by atoms with Crippen LogP contribution in [0.25, 0.3) is 11.3 Å². The zero-order valence-corrected chi connectivity index (χ0v) is 9.69. The third-order valence-corrected chi connectivity index (χ3v) is 3.45. The average Bonchev–Trinajstić information content (AvgIpc) is 2.57. The molecule has 2 nitrogen and oxygen atoms in total. The smallest absolute Gasteiger partial charge is 0.320 e. The maximum Gasteiger partial charge on any atom is 0.427 e. The normalized spacial score (nSPS) is 11.8. The van der Waals surface area contributed by atoms with Gasteiger partial charge in [-0.1, -0.05) is 41.7 Å². The molecule has 0 radical (unpaired) electrons. The highest BCUT2D eigenvalue weighted by Gasteiger charge is 2.37. The van der Waals surface area contributed by atoms with Gasteiger partial charge in [-0.3, -0.25) is 5.41 Å². The quantitative estimate of drug-likeness (QED) is 0.813. The Hall–Kier alpha value is -1.56. The van der Waals surface area contributed by atoms with Crippen LogP contribution in [0.2, 0.25) is 0 Å². The van der Waals surface area contributed by atoms with Crippen LogP contribution in [0.3, 0.4) is 0 Å². The number of aromatic nitrogens is 1. The number of thiazole rings is 1. The third-order valence-electron chi connectivity index (χ3n) is 2.36. The van der Waals surface area contributed by atoms with Gasteiger partial charge in [0.15, 0.2) is 4.80 Å². The number of halogens is 3. The minimum Gasteiger partial charge on any atom is -0.320 e. The number of hydrogen-bond donors (Lipinski definition) is 1. The molecule has 0 saturated heterocycles. The molecule has 0 bridgehead atoms. The second kappa shape index (κ2) is 4.03. The molecule has 0 amide bonds. The van der Waals surface area contributed by atoms with E-state index in [4.69, 9.17) is 5.41 Å². The zero-order valence-electron chi connectivity index (χ0n) is 8.88. The molecule has 17 heavy (non-hydrogen) atoms. The van der Waals surface area contributed by atoms with E-state index in [-0.39, 0.29) is 10.5 Å². The van der Waals surface area contributed by atoms with Crippen molar-refractivity contribution in [2.24, 2.45) is 7.05 Å². The van der Waals surface area contributed by atoms with Crippen molar-refractivity contribution in [1.82, 2.24) is 4.57 Å². The van der Waals surface area contributed by atoms with Crippen LogP contribution in [0.4, 0.5) is 13.2 Å². The molecule has 2 rings (SSSR count). The molecule has 0 fully saturated rings. The van der Waals surface area contributed by atoms with Crippen molar-refractivity contribution < 1.29 is 13.2 Å². The summed E-state index contributed by atoms with van der Waals surface area (Å²) in [7, 11) is 1.47. The molecule has 6 heteroatoms. The highest BCUT2D eigenvalue weighted by Crippen LogP contribution is 2.38. The predicted molar refractivity (Wildman–Crippen MR) is 59.6 cm³/mol. The van der Waals surface area contributed by atoms with E-state index in [1.54, 1.807) is 30.3 Å². The highest BCUT2D eigenvalue weighted by atomic mass is 32.1. The van der Waals surface area contributed by atoms with Gasteiger partial charge in [0, 0.05) is 7.05 Å². The van der Waals surface area contributed by atoms with E-state index in [9.17, 15) is 13.2 Å². The summed E-state index contributed by atoms with van der Waals surface area (Å²) in [5, 5.41) is 7.49. The molecule has 1 heterocycles. The molecule has 1 aromatic carbocycles. The van der Waals surface area contributed by atoms with Gasteiger partial charge in [0.25, 0.3) is 0 Å². The van der Waals surface area contributed by atoms with Gasteiger partial charge in [-0.15, -0.1) is 0 Å². The van der Waals surface area contributed by atoms with E-state index in [1.165, 1.54) is 11.6 Å². The van der Waals surface area contributed by atoms with Gasteiger partial charge in [-0.2, -0.15) is 13.2 Å². The average molecular weight is 258 g/mol. The third kappa shape index (κ3) is 2.12. The Morgan fingerprint density at radius 2 is 1.76 bits per heavy atom. The van der Waals surface area contributed by atoms with Crippen molar-refractivity contribution in [1.29, 1.82) is 5.41 Å². The Labute approximate surface area is 99.5 Å². The van der Waals surface area contributed by atoms with Crippen LogP contribution in [-0.4, -0.2) is 4.57 Å². The minimum absolute atomic E-state index is 0.0492. The molecule has 0 aliphatic heterocycles. The Balaban J connectivity index is 2.73. The Bertz CT molecular complexity index is 581. The topological polar surface area (TPSA) is 28.8 Å². The van der Waals surface area contributed by atoms with Gasteiger partial charge in [-0.25, -0.2) is 0 Å². The molecule has 2 aromatic rings. The van der Waals surface area contributed by atoms with Crippen molar-refractivity contribution in [2.75, 3.05) is 0 Å². The van der Waals surface area contributed by atoms with Crippen molar-refractivity contribution in [3.05, 3.63) is 40.0 Å². The number of nitrogens with zero attached hydrogens (tertiary/aromatic N) is 1. The highest BCUT2D eigenvalue weighted by molar-refractivity contribution is 7.09. The van der Waals surface area contributed by atoms with Crippen LogP contribution in [0, 0.1) is 5.41 Å². The lowest BCUT2D eigenvalue weighted by molar-refractivity contribution is -0.134. The number of nitrogens with one attached hydrogen (secondary N) is 1. The van der Waals surface area contributed by atoms with Crippen LogP contribution in [0.15, 0.2) is 30.3 Å². The first-order chi connectivity index (χ1) is 7.91. The SMILES string of the molecule is Cn1c(-c2ccccc2)c(C(F)(F)F)sc1=N. The van der Waals surface area contributed by atoms with E-state index in [1.807, 2.05) is 0 Å². The molecule has 0 aliphatic carbocycles. The summed E-state index contributed by atoms with van der Waals surface area (Å²) in [6.45, 7) is 0. The second-order valence-corrected chi connectivity index (χ2v) is 4.51. The molecular weight excluding hydrogens is 249 g/mol. The summed E-state index contributed by atoms with van der Waals surface area (Å²) < 4.78 is 39.8. The number of alkyl halides is 3. The largest absolute Gasteiger partial charge is 0.427 e. The summed E-state index contributed by atoms with van der Waals surface area (Å²) in [5.41, 5.74) is 0.519. The summed E-state index contributed by atoms with van der Waals surface area (Å²) in [5.74, 6) is 0. The van der Waals surface area contributed by atoms with Crippen molar-refractivity contribution in [3.8, 4) is 11.3 Å². The van der Waals surface area contributed by atoms with Crippen LogP contribution in [0.5, 0.6) is 0 Å². The van der Waals surface area contributed by atoms with Crippen LogP contribution in [-0.2, 0) is 13.2 Å². The van der Waals surface area contributed by atoms with Gasteiger partial charge in [0.1, 0.15) is 4.88 Å². The second-order valence-electron chi connectivity index (χ2n) is 3.51. The summed E-state index contributed by atoms with van der Waals surface area (Å²) in [4.78, 5) is -0.840. The fraction of sp³-hybridized carbons (Fsp3) is 0.182. The molecule has 0 saturated carbocycles. The molecule has 1 N–H and O–H groups in total. The first-order valence-corrected chi connectivity index (χ1v) is 5.60. The first kappa shape index (κ1) is 11.9. The summed E-state index contributed by atoms with van der Waals surface area (Å²) >= 11 is 0.447. The van der Waals surface area contributed by atoms with E-state index in [0.717, 1.165) is 0 Å². The maximum atomic E-state index is 12.8. The van der Waals surface area contributed by atoms with E-state index in [0.29, 0.717) is 16.9 Å². The van der Waals surface area contributed by atoms with Crippen LogP contribution >= 0.6 is 11.3 Å². The van der Waals surface area contributed by atoms with E-state index < -0.39 is 11.1 Å². The van der Waals surface area contributed by atoms with Crippen molar-refractivity contribution >= 4 is 11.3 Å². The molecule has 0 unspecified atom stereocenters. The van der Waals surface area contributed by atoms with Crippen LogP contribution in [0.1, 0.15) is 4.88 Å². The molecular formula is C11H9F3N2S. The number of rotatable bonds is 1. The van der Waals surface area contributed by atoms with Crippen molar-refractivity contribution in [2.45, 2.75) is 6.18 Å². The monoisotopic (exact) mass is 258 g/mol. The van der Waals surface area contributed by atoms with Gasteiger partial charge < -0.3 is 4.57 Å². The number of hydrogen-bond acceptors (Lipinski definition) is 2. The lowest BCUT2D eigenvalue weighted by atomic mass is 10.1. The first-order valence-electron chi connectivity index (χ1n) is 4.78. The fourth-order valence-electron chi connectivity index (χ4n) is 1.58.